The van der Waals surface area contributed by atoms with Crippen LogP contribution in [0.25, 0.3) is 10.9 Å². The van der Waals surface area contributed by atoms with Gasteiger partial charge in [-0.25, -0.2) is 0 Å². The van der Waals surface area contributed by atoms with E-state index < -0.39 is 0 Å². The Morgan fingerprint density at radius 1 is 1.36 bits per heavy atom. The molecule has 0 amide bonds. The van der Waals surface area contributed by atoms with Gasteiger partial charge >= 0.3 is 0 Å². The molecule has 74 valence electrons. The quantitative estimate of drug-likeness (QED) is 0.790. The number of fused-ring (bicyclic) bond motifs is 1. The number of hydrogen-bond acceptors (Lipinski definition) is 2. The largest absolute Gasteiger partial charge is 0.497 e. The molecule has 2 aromatic rings. The highest BCUT2D eigenvalue weighted by Gasteiger charge is 2.08. The van der Waals surface area contributed by atoms with Gasteiger partial charge in [0, 0.05) is 17.1 Å². The Labute approximate surface area is 83.1 Å². The van der Waals surface area contributed by atoms with Crippen molar-refractivity contribution in [1.82, 2.24) is 10.2 Å². The van der Waals surface area contributed by atoms with E-state index in [1.165, 1.54) is 11.1 Å². The highest BCUT2D eigenvalue weighted by atomic mass is 16.5. The molecule has 0 fully saturated rings. The number of aromatic amines is 1. The number of methoxy groups -OCH3 is 1. The first-order chi connectivity index (χ1) is 6.72. The minimum Gasteiger partial charge on any atom is -0.497 e. The summed E-state index contributed by atoms with van der Waals surface area (Å²) in [7, 11) is 1.66. The maximum Gasteiger partial charge on any atom is 0.121 e. The van der Waals surface area contributed by atoms with Crippen molar-refractivity contribution in [2.24, 2.45) is 0 Å². The van der Waals surface area contributed by atoms with Crippen LogP contribution in [0.5, 0.6) is 5.75 Å². The van der Waals surface area contributed by atoms with Crippen molar-refractivity contribution in [2.75, 3.05) is 7.11 Å². The number of nitrogens with one attached hydrogen (secondary N) is 1. The second-order valence-electron chi connectivity index (χ2n) is 3.68. The summed E-state index contributed by atoms with van der Waals surface area (Å²) in [5.74, 6) is 1.31. The Kier molecular flexibility index (Phi) is 2.15. The summed E-state index contributed by atoms with van der Waals surface area (Å²) in [5, 5.41) is 8.48. The van der Waals surface area contributed by atoms with E-state index >= 15 is 0 Å². The predicted octanol–water partition coefficient (Wildman–Crippen LogP) is 2.69. The van der Waals surface area contributed by atoms with Gasteiger partial charge in [0.25, 0.3) is 0 Å². The lowest BCUT2D eigenvalue weighted by atomic mass is 10.1. The Morgan fingerprint density at radius 2 is 2.14 bits per heavy atom. The lowest BCUT2D eigenvalue weighted by Gasteiger charge is -2.02. The van der Waals surface area contributed by atoms with E-state index in [-0.39, 0.29) is 0 Å². The zero-order valence-corrected chi connectivity index (χ0v) is 8.66. The highest BCUT2D eigenvalue weighted by molar-refractivity contribution is 5.83. The first-order valence-corrected chi connectivity index (χ1v) is 4.74. The van der Waals surface area contributed by atoms with Gasteiger partial charge in [0.1, 0.15) is 5.75 Å². The molecule has 0 spiro atoms. The molecule has 1 aromatic carbocycles. The third kappa shape index (κ3) is 1.35. The third-order valence-electron chi connectivity index (χ3n) is 2.37. The maximum absolute atomic E-state index is 5.14. The van der Waals surface area contributed by atoms with Crippen LogP contribution in [0.15, 0.2) is 18.2 Å². The van der Waals surface area contributed by atoms with E-state index in [0.717, 1.165) is 11.3 Å². The summed E-state index contributed by atoms with van der Waals surface area (Å²) in [6.45, 7) is 4.30. The number of hydrogen-bond donors (Lipinski definition) is 1. The van der Waals surface area contributed by atoms with Gasteiger partial charge in [0.15, 0.2) is 0 Å². The highest BCUT2D eigenvalue weighted by Crippen LogP contribution is 2.25. The van der Waals surface area contributed by atoms with Crippen LogP contribution in [0.1, 0.15) is 25.5 Å². The van der Waals surface area contributed by atoms with Crippen molar-refractivity contribution in [3.8, 4) is 5.75 Å². The van der Waals surface area contributed by atoms with Crippen LogP contribution >= 0.6 is 0 Å². The molecule has 1 N–H and O–H groups in total. The van der Waals surface area contributed by atoms with Gasteiger partial charge in [-0.05, 0) is 18.1 Å². The summed E-state index contributed by atoms with van der Waals surface area (Å²) in [5.41, 5.74) is 2.15. The third-order valence-corrected chi connectivity index (χ3v) is 2.37. The molecule has 2 rings (SSSR count). The zero-order chi connectivity index (χ0) is 10.1. The smallest absolute Gasteiger partial charge is 0.121 e. The van der Waals surface area contributed by atoms with Crippen LogP contribution in [-0.2, 0) is 0 Å². The number of rotatable bonds is 2. The molecule has 0 aliphatic heterocycles. The van der Waals surface area contributed by atoms with Gasteiger partial charge in [-0.15, -0.1) is 0 Å². The van der Waals surface area contributed by atoms with Crippen LogP contribution in [0.3, 0.4) is 0 Å². The van der Waals surface area contributed by atoms with Gasteiger partial charge in [0.05, 0.1) is 12.6 Å². The average Bonchev–Trinajstić information content (AvgIpc) is 2.59. The number of nitrogens with zero attached hydrogens (tertiary/aromatic N) is 1. The monoisotopic (exact) mass is 190 g/mol. The standard InChI is InChI=1S/C11H14N2O/c1-7(2)11-9-5-4-8(14-3)6-10(9)12-13-11/h4-7H,1-3H3,(H,12,13). The summed E-state index contributed by atoms with van der Waals surface area (Å²) in [6.07, 6.45) is 0. The molecular formula is C11H14N2O. The molecule has 0 aliphatic rings. The van der Waals surface area contributed by atoms with Crippen molar-refractivity contribution in [2.45, 2.75) is 19.8 Å². The molecule has 1 heterocycles. The lowest BCUT2D eigenvalue weighted by Crippen LogP contribution is -1.87. The first-order valence-electron chi connectivity index (χ1n) is 4.74. The van der Waals surface area contributed by atoms with Crippen LogP contribution in [0, 0.1) is 0 Å². The molecule has 0 saturated carbocycles. The Bertz CT molecular complexity index is 445. The van der Waals surface area contributed by atoms with E-state index in [1.807, 2.05) is 18.2 Å². The predicted molar refractivity (Wildman–Crippen MR) is 56.7 cm³/mol. The minimum absolute atomic E-state index is 0.466. The number of aromatic nitrogens is 2. The number of benzene rings is 1. The average molecular weight is 190 g/mol. The van der Waals surface area contributed by atoms with Crippen molar-refractivity contribution < 1.29 is 4.74 Å². The second-order valence-corrected chi connectivity index (χ2v) is 3.68. The van der Waals surface area contributed by atoms with Crippen LogP contribution in [-0.4, -0.2) is 17.3 Å². The molecule has 0 aliphatic carbocycles. The molecule has 3 nitrogen and oxygen atoms in total. The first kappa shape index (κ1) is 9.06. The zero-order valence-electron chi connectivity index (χ0n) is 8.66. The van der Waals surface area contributed by atoms with Crippen molar-refractivity contribution in [3.05, 3.63) is 23.9 Å². The summed E-state index contributed by atoms with van der Waals surface area (Å²) < 4.78 is 5.14. The Balaban J connectivity index is 2.59. The van der Waals surface area contributed by atoms with Crippen LogP contribution in [0.2, 0.25) is 0 Å². The summed E-state index contributed by atoms with van der Waals surface area (Å²) >= 11 is 0. The van der Waals surface area contributed by atoms with Crippen LogP contribution in [0.4, 0.5) is 0 Å². The van der Waals surface area contributed by atoms with Crippen molar-refractivity contribution >= 4 is 10.9 Å². The topological polar surface area (TPSA) is 37.9 Å². The number of ether oxygens (including phenoxy) is 1. The van der Waals surface area contributed by atoms with Crippen molar-refractivity contribution in [1.29, 1.82) is 0 Å². The molecule has 0 saturated heterocycles. The molecule has 0 radical (unpaired) electrons. The Morgan fingerprint density at radius 3 is 2.79 bits per heavy atom. The van der Waals surface area contributed by atoms with E-state index in [4.69, 9.17) is 4.74 Å². The molecule has 1 aromatic heterocycles. The van der Waals surface area contributed by atoms with Gasteiger partial charge in [0.2, 0.25) is 0 Å². The van der Waals surface area contributed by atoms with Crippen LogP contribution < -0.4 is 4.74 Å². The lowest BCUT2D eigenvalue weighted by molar-refractivity contribution is 0.415. The van der Waals surface area contributed by atoms with Gasteiger partial charge in [-0.1, -0.05) is 13.8 Å². The Hall–Kier alpha value is -1.51. The van der Waals surface area contributed by atoms with Gasteiger partial charge in [-0.2, -0.15) is 5.10 Å². The molecular weight excluding hydrogens is 176 g/mol. The fraction of sp³-hybridized carbons (Fsp3) is 0.364. The SMILES string of the molecule is COc1ccc2c(C(C)C)[nH]nc2c1. The fourth-order valence-electron chi connectivity index (χ4n) is 1.58. The van der Waals surface area contributed by atoms with Crippen molar-refractivity contribution in [3.63, 3.8) is 0 Å². The van der Waals surface area contributed by atoms with Gasteiger partial charge < -0.3 is 4.74 Å². The maximum atomic E-state index is 5.14. The summed E-state index contributed by atoms with van der Waals surface area (Å²) in [4.78, 5) is 0. The summed E-state index contributed by atoms with van der Waals surface area (Å²) in [6, 6.07) is 5.95. The normalized spacial score (nSPS) is 11.1. The van der Waals surface area contributed by atoms with E-state index in [9.17, 15) is 0 Å². The molecule has 0 atom stereocenters. The van der Waals surface area contributed by atoms with Gasteiger partial charge in [-0.3, -0.25) is 5.10 Å². The minimum atomic E-state index is 0.466. The van der Waals surface area contributed by atoms with E-state index in [2.05, 4.69) is 24.0 Å². The fourth-order valence-corrected chi connectivity index (χ4v) is 1.58. The number of H-pyrrole nitrogens is 1. The molecule has 0 bridgehead atoms. The van der Waals surface area contributed by atoms with E-state index in [1.54, 1.807) is 7.11 Å². The molecule has 0 unspecified atom stereocenters. The van der Waals surface area contributed by atoms with E-state index in [0.29, 0.717) is 5.92 Å². The second kappa shape index (κ2) is 3.33. The molecule has 14 heavy (non-hydrogen) atoms. The molecule has 3 heteroatoms.